The van der Waals surface area contributed by atoms with E-state index in [1.54, 1.807) is 28.9 Å². The molecule has 0 spiro atoms. The van der Waals surface area contributed by atoms with Crippen LogP contribution >= 0.6 is 34.3 Å². The van der Waals surface area contributed by atoms with Gasteiger partial charge in [0, 0.05) is 22.1 Å². The van der Waals surface area contributed by atoms with Gasteiger partial charge in [0.1, 0.15) is 5.82 Å². The second-order valence-corrected chi connectivity index (χ2v) is 6.73. The van der Waals surface area contributed by atoms with Crippen molar-refractivity contribution < 1.29 is 0 Å². The van der Waals surface area contributed by atoms with E-state index in [-0.39, 0.29) is 6.04 Å². The molecule has 0 bridgehead atoms. The van der Waals surface area contributed by atoms with Crippen molar-refractivity contribution in [1.82, 2.24) is 15.3 Å². The Labute approximate surface area is 124 Å². The molecule has 6 heteroatoms. The van der Waals surface area contributed by atoms with E-state index in [0.29, 0.717) is 6.54 Å². The van der Waals surface area contributed by atoms with Gasteiger partial charge in [0.25, 0.3) is 0 Å². The maximum Gasteiger partial charge on any atom is 0.120 e. The summed E-state index contributed by atoms with van der Waals surface area (Å²) in [4.78, 5) is 9.84. The van der Waals surface area contributed by atoms with Crippen LogP contribution < -0.4 is 5.32 Å². The summed E-state index contributed by atoms with van der Waals surface area (Å²) in [6.07, 6.45) is 3.60. The molecule has 0 radical (unpaired) electrons. The topological polar surface area (TPSA) is 40.7 Å². The highest BCUT2D eigenvalue weighted by Crippen LogP contribution is 2.33. The second kappa shape index (κ2) is 5.88. The number of aromatic nitrogens is 2. The molecule has 3 rings (SSSR count). The number of hydrogen-bond donors (Lipinski definition) is 2. The number of rotatable bonds is 5. The zero-order valence-corrected chi connectivity index (χ0v) is 12.4. The first-order chi connectivity index (χ1) is 9.33. The standard InChI is InChI=1S/C13H12ClN3S2/c14-11-4-3-10(19-11)13(9-2-1-7-18-9)17-8-12-15-5-6-16-12/h1-7,13,17H,8H2,(H,15,16). The molecule has 3 aromatic rings. The van der Waals surface area contributed by atoms with Crippen LogP contribution in [-0.4, -0.2) is 9.97 Å². The molecule has 0 saturated heterocycles. The van der Waals surface area contributed by atoms with E-state index in [4.69, 9.17) is 11.6 Å². The van der Waals surface area contributed by atoms with Crippen LogP contribution in [-0.2, 0) is 6.54 Å². The van der Waals surface area contributed by atoms with Gasteiger partial charge in [-0.1, -0.05) is 17.7 Å². The lowest BCUT2D eigenvalue weighted by molar-refractivity contribution is 0.604. The molecule has 3 nitrogen and oxygen atoms in total. The Bertz CT molecular complexity index is 616. The average molecular weight is 310 g/mol. The van der Waals surface area contributed by atoms with Crippen LogP contribution in [0.2, 0.25) is 4.34 Å². The Balaban J connectivity index is 1.80. The SMILES string of the molecule is Clc1ccc(C(NCc2ncc[nH]2)c2cccs2)s1. The molecule has 0 aliphatic heterocycles. The van der Waals surface area contributed by atoms with Crippen LogP contribution in [0.3, 0.4) is 0 Å². The van der Waals surface area contributed by atoms with Crippen molar-refractivity contribution >= 4 is 34.3 Å². The second-order valence-electron chi connectivity index (χ2n) is 4.01. The van der Waals surface area contributed by atoms with E-state index in [9.17, 15) is 0 Å². The molecule has 0 aromatic carbocycles. The van der Waals surface area contributed by atoms with E-state index in [1.165, 1.54) is 9.75 Å². The van der Waals surface area contributed by atoms with Crippen molar-refractivity contribution in [3.8, 4) is 0 Å². The van der Waals surface area contributed by atoms with E-state index in [0.717, 1.165) is 10.2 Å². The first-order valence-corrected chi connectivity index (χ1v) is 7.90. The van der Waals surface area contributed by atoms with Gasteiger partial charge in [0.2, 0.25) is 0 Å². The average Bonchev–Trinajstić information content (AvgIpc) is 3.11. The Morgan fingerprint density at radius 3 is 2.89 bits per heavy atom. The first-order valence-electron chi connectivity index (χ1n) is 5.83. The van der Waals surface area contributed by atoms with Gasteiger partial charge in [-0.15, -0.1) is 22.7 Å². The zero-order chi connectivity index (χ0) is 13.1. The van der Waals surface area contributed by atoms with E-state index >= 15 is 0 Å². The predicted molar refractivity (Wildman–Crippen MR) is 80.9 cm³/mol. The van der Waals surface area contributed by atoms with Gasteiger partial charge in [-0.2, -0.15) is 0 Å². The Morgan fingerprint density at radius 1 is 1.32 bits per heavy atom. The number of nitrogens with zero attached hydrogens (tertiary/aromatic N) is 1. The smallest absolute Gasteiger partial charge is 0.120 e. The van der Waals surface area contributed by atoms with Crippen LogP contribution in [0.5, 0.6) is 0 Å². The van der Waals surface area contributed by atoms with Crippen molar-refractivity contribution in [2.75, 3.05) is 0 Å². The molecule has 0 aliphatic carbocycles. The van der Waals surface area contributed by atoms with E-state index < -0.39 is 0 Å². The third-order valence-corrected chi connectivity index (χ3v) is 4.97. The molecule has 0 fully saturated rings. The molecule has 2 N–H and O–H groups in total. The van der Waals surface area contributed by atoms with Crippen LogP contribution in [0.25, 0.3) is 0 Å². The largest absolute Gasteiger partial charge is 0.348 e. The summed E-state index contributed by atoms with van der Waals surface area (Å²) in [5.41, 5.74) is 0. The fourth-order valence-electron chi connectivity index (χ4n) is 1.87. The zero-order valence-electron chi connectivity index (χ0n) is 9.97. The number of nitrogens with one attached hydrogen (secondary N) is 2. The highest BCUT2D eigenvalue weighted by molar-refractivity contribution is 7.16. The minimum atomic E-state index is 0.169. The summed E-state index contributed by atoms with van der Waals surface area (Å²) in [5.74, 6) is 0.934. The quantitative estimate of drug-likeness (QED) is 0.746. The highest BCUT2D eigenvalue weighted by Gasteiger charge is 2.17. The molecule has 1 unspecified atom stereocenters. The van der Waals surface area contributed by atoms with Gasteiger partial charge in [-0.25, -0.2) is 4.98 Å². The molecule has 0 aliphatic rings. The maximum absolute atomic E-state index is 6.04. The third-order valence-electron chi connectivity index (χ3n) is 2.73. The molecule has 98 valence electrons. The van der Waals surface area contributed by atoms with Gasteiger partial charge in [0.15, 0.2) is 0 Å². The minimum Gasteiger partial charge on any atom is -0.348 e. The normalized spacial score (nSPS) is 12.7. The lowest BCUT2D eigenvalue weighted by atomic mass is 10.2. The molecular formula is C13H12ClN3S2. The van der Waals surface area contributed by atoms with Crippen molar-refractivity contribution in [3.63, 3.8) is 0 Å². The summed E-state index contributed by atoms with van der Waals surface area (Å²) in [6, 6.07) is 8.39. The number of hydrogen-bond acceptors (Lipinski definition) is 4. The number of halogens is 1. The van der Waals surface area contributed by atoms with Crippen molar-refractivity contribution in [2.45, 2.75) is 12.6 Å². The predicted octanol–water partition coefficient (Wildman–Crippen LogP) is 4.07. The Kier molecular flexibility index (Phi) is 3.98. The van der Waals surface area contributed by atoms with Crippen LogP contribution in [0.15, 0.2) is 42.0 Å². The molecule has 0 amide bonds. The molecule has 3 aromatic heterocycles. The fraction of sp³-hybridized carbons (Fsp3) is 0.154. The lowest BCUT2D eigenvalue weighted by Gasteiger charge is -2.15. The number of thiophene rings is 2. The number of imidazole rings is 1. The molecular weight excluding hydrogens is 298 g/mol. The Hall–Kier alpha value is -1.14. The van der Waals surface area contributed by atoms with Gasteiger partial charge >= 0.3 is 0 Å². The molecule has 19 heavy (non-hydrogen) atoms. The molecule has 0 saturated carbocycles. The van der Waals surface area contributed by atoms with Crippen LogP contribution in [0.1, 0.15) is 21.6 Å². The summed E-state index contributed by atoms with van der Waals surface area (Å²) < 4.78 is 0.816. The summed E-state index contributed by atoms with van der Waals surface area (Å²) in [5, 5.41) is 5.61. The monoisotopic (exact) mass is 309 g/mol. The highest BCUT2D eigenvalue weighted by atomic mass is 35.5. The van der Waals surface area contributed by atoms with Crippen molar-refractivity contribution in [1.29, 1.82) is 0 Å². The molecule has 1 atom stereocenters. The van der Waals surface area contributed by atoms with Gasteiger partial charge < -0.3 is 4.98 Å². The maximum atomic E-state index is 6.04. The Morgan fingerprint density at radius 2 is 2.26 bits per heavy atom. The minimum absolute atomic E-state index is 0.169. The summed E-state index contributed by atoms with van der Waals surface area (Å²) in [6.45, 7) is 0.699. The number of H-pyrrole nitrogens is 1. The van der Waals surface area contributed by atoms with Crippen LogP contribution in [0.4, 0.5) is 0 Å². The van der Waals surface area contributed by atoms with Gasteiger partial charge in [0.05, 0.1) is 16.9 Å². The van der Waals surface area contributed by atoms with Gasteiger partial charge in [-0.3, -0.25) is 5.32 Å². The van der Waals surface area contributed by atoms with Crippen LogP contribution in [0, 0.1) is 0 Å². The van der Waals surface area contributed by atoms with Crippen molar-refractivity contribution in [2.24, 2.45) is 0 Å². The fourth-order valence-corrected chi connectivity index (χ4v) is 3.92. The lowest BCUT2D eigenvalue weighted by Crippen LogP contribution is -2.21. The van der Waals surface area contributed by atoms with Crippen molar-refractivity contribution in [3.05, 3.63) is 62.0 Å². The summed E-state index contributed by atoms with van der Waals surface area (Å²) >= 11 is 9.39. The third kappa shape index (κ3) is 3.06. The number of aromatic amines is 1. The van der Waals surface area contributed by atoms with E-state index in [2.05, 4.69) is 38.9 Å². The van der Waals surface area contributed by atoms with Gasteiger partial charge in [-0.05, 0) is 23.6 Å². The first kappa shape index (κ1) is 12.9. The molecule has 3 heterocycles. The summed E-state index contributed by atoms with van der Waals surface area (Å²) in [7, 11) is 0. The van der Waals surface area contributed by atoms with E-state index in [1.807, 2.05) is 12.3 Å².